The molecular formula is C20H24ClN3O. The molecule has 1 amide bonds. The van der Waals surface area contributed by atoms with Crippen LogP contribution in [0.25, 0.3) is 0 Å². The molecule has 1 N–H and O–H groups in total. The van der Waals surface area contributed by atoms with Crippen LogP contribution in [-0.2, 0) is 17.8 Å². The number of amides is 1. The van der Waals surface area contributed by atoms with E-state index in [2.05, 4.69) is 34.3 Å². The molecule has 1 aliphatic heterocycles. The van der Waals surface area contributed by atoms with Crippen molar-refractivity contribution in [1.82, 2.24) is 9.80 Å². The number of carbonyl (C=O) groups excluding carboxylic acids is 1. The Kier molecular flexibility index (Phi) is 6.08. The van der Waals surface area contributed by atoms with E-state index in [-0.39, 0.29) is 5.91 Å². The second-order valence-corrected chi connectivity index (χ2v) is 7.06. The lowest BCUT2D eigenvalue weighted by Crippen LogP contribution is -2.43. The van der Waals surface area contributed by atoms with E-state index in [0.717, 1.165) is 44.0 Å². The van der Waals surface area contributed by atoms with Gasteiger partial charge >= 0.3 is 0 Å². The molecule has 4 nitrogen and oxygen atoms in total. The lowest BCUT2D eigenvalue weighted by atomic mass is 10.1. The number of hydrogen-bond acceptors (Lipinski definition) is 3. The molecule has 0 atom stereocenters. The van der Waals surface area contributed by atoms with Crippen molar-refractivity contribution in [2.45, 2.75) is 13.0 Å². The van der Waals surface area contributed by atoms with E-state index in [1.807, 2.05) is 24.3 Å². The highest BCUT2D eigenvalue weighted by Gasteiger charge is 2.13. The summed E-state index contributed by atoms with van der Waals surface area (Å²) in [6, 6.07) is 15.5. The molecule has 1 heterocycles. The second kappa shape index (κ2) is 8.48. The lowest BCUT2D eigenvalue weighted by molar-refractivity contribution is -0.115. The monoisotopic (exact) mass is 357 g/mol. The van der Waals surface area contributed by atoms with E-state index in [1.165, 1.54) is 5.56 Å². The van der Waals surface area contributed by atoms with Crippen molar-refractivity contribution in [2.24, 2.45) is 0 Å². The molecule has 0 aromatic heterocycles. The van der Waals surface area contributed by atoms with Crippen molar-refractivity contribution >= 4 is 23.2 Å². The van der Waals surface area contributed by atoms with Gasteiger partial charge in [0.2, 0.25) is 5.91 Å². The van der Waals surface area contributed by atoms with Crippen LogP contribution >= 0.6 is 11.6 Å². The summed E-state index contributed by atoms with van der Waals surface area (Å²) in [6.07, 6.45) is 0.347. The summed E-state index contributed by atoms with van der Waals surface area (Å²) in [7, 11) is 2.17. The van der Waals surface area contributed by atoms with E-state index >= 15 is 0 Å². The number of piperazine rings is 1. The van der Waals surface area contributed by atoms with E-state index in [4.69, 9.17) is 11.6 Å². The van der Waals surface area contributed by atoms with Gasteiger partial charge in [-0.05, 0) is 42.4 Å². The molecule has 3 rings (SSSR count). The first-order valence-corrected chi connectivity index (χ1v) is 9.00. The zero-order valence-electron chi connectivity index (χ0n) is 14.5. The fourth-order valence-corrected chi connectivity index (χ4v) is 3.08. The van der Waals surface area contributed by atoms with Crippen molar-refractivity contribution in [3.63, 3.8) is 0 Å². The highest BCUT2D eigenvalue weighted by Crippen LogP contribution is 2.14. The zero-order chi connectivity index (χ0) is 17.6. The Labute approximate surface area is 154 Å². The maximum atomic E-state index is 12.1. The van der Waals surface area contributed by atoms with Crippen molar-refractivity contribution in [3.8, 4) is 0 Å². The van der Waals surface area contributed by atoms with Crippen molar-refractivity contribution in [2.75, 3.05) is 38.5 Å². The Balaban J connectivity index is 1.50. The van der Waals surface area contributed by atoms with E-state index < -0.39 is 0 Å². The van der Waals surface area contributed by atoms with Crippen LogP contribution in [-0.4, -0.2) is 48.9 Å². The topological polar surface area (TPSA) is 35.6 Å². The first kappa shape index (κ1) is 17.9. The molecular weight excluding hydrogens is 334 g/mol. The summed E-state index contributed by atoms with van der Waals surface area (Å²) >= 11 is 5.86. The summed E-state index contributed by atoms with van der Waals surface area (Å²) in [5.74, 6) is -0.0193. The summed E-state index contributed by atoms with van der Waals surface area (Å²) in [4.78, 5) is 17.0. The van der Waals surface area contributed by atoms with Crippen LogP contribution in [0.3, 0.4) is 0 Å². The maximum Gasteiger partial charge on any atom is 0.228 e. The number of benzene rings is 2. The van der Waals surface area contributed by atoms with E-state index in [1.54, 1.807) is 12.1 Å². The second-order valence-electron chi connectivity index (χ2n) is 6.63. The number of halogens is 1. The van der Waals surface area contributed by atoms with Crippen LogP contribution in [0.1, 0.15) is 11.1 Å². The molecule has 1 aliphatic rings. The van der Waals surface area contributed by atoms with Gasteiger partial charge in [0.15, 0.2) is 0 Å². The smallest absolute Gasteiger partial charge is 0.228 e. The first-order chi connectivity index (χ1) is 12.1. The summed E-state index contributed by atoms with van der Waals surface area (Å²) in [5, 5.41) is 3.63. The van der Waals surface area contributed by atoms with Gasteiger partial charge in [0.1, 0.15) is 0 Å². The number of anilines is 1. The minimum atomic E-state index is -0.0193. The molecule has 132 valence electrons. The number of nitrogens with zero attached hydrogens (tertiary/aromatic N) is 2. The van der Waals surface area contributed by atoms with Crippen LogP contribution in [0.15, 0.2) is 48.5 Å². The Morgan fingerprint density at radius 2 is 1.56 bits per heavy atom. The standard InChI is InChI=1S/C20H24ClN3O/c1-23-10-12-24(13-11-23)15-17-4-8-19(9-5-17)22-20(25)14-16-2-6-18(21)7-3-16/h2-9H,10-15H2,1H3,(H,22,25). The minimum absolute atomic E-state index is 0.0193. The fourth-order valence-electron chi connectivity index (χ4n) is 2.95. The van der Waals surface area contributed by atoms with Gasteiger partial charge in [-0.15, -0.1) is 0 Å². The fraction of sp³-hybridized carbons (Fsp3) is 0.350. The van der Waals surface area contributed by atoms with Gasteiger partial charge in [-0.3, -0.25) is 9.69 Å². The molecule has 0 radical (unpaired) electrons. The average molecular weight is 358 g/mol. The molecule has 1 fully saturated rings. The quantitative estimate of drug-likeness (QED) is 0.892. The molecule has 5 heteroatoms. The molecule has 2 aromatic rings. The van der Waals surface area contributed by atoms with Crippen LogP contribution in [0.5, 0.6) is 0 Å². The van der Waals surface area contributed by atoms with Gasteiger partial charge in [0.05, 0.1) is 6.42 Å². The minimum Gasteiger partial charge on any atom is -0.326 e. The Hall–Kier alpha value is -1.88. The molecule has 25 heavy (non-hydrogen) atoms. The van der Waals surface area contributed by atoms with Gasteiger partial charge in [-0.1, -0.05) is 35.9 Å². The van der Waals surface area contributed by atoms with Gasteiger partial charge < -0.3 is 10.2 Å². The molecule has 0 spiro atoms. The van der Waals surface area contributed by atoms with Crippen molar-refractivity contribution in [3.05, 3.63) is 64.7 Å². The Morgan fingerprint density at radius 3 is 2.20 bits per heavy atom. The predicted molar refractivity (Wildman–Crippen MR) is 103 cm³/mol. The van der Waals surface area contributed by atoms with Gasteiger partial charge in [-0.2, -0.15) is 0 Å². The number of rotatable bonds is 5. The zero-order valence-corrected chi connectivity index (χ0v) is 15.3. The van der Waals surface area contributed by atoms with Crippen LogP contribution < -0.4 is 5.32 Å². The largest absolute Gasteiger partial charge is 0.326 e. The summed E-state index contributed by atoms with van der Waals surface area (Å²) in [6.45, 7) is 5.43. The number of likely N-dealkylation sites (N-methyl/N-ethyl adjacent to an activating group) is 1. The number of hydrogen-bond donors (Lipinski definition) is 1. The van der Waals surface area contributed by atoms with Crippen molar-refractivity contribution in [1.29, 1.82) is 0 Å². The average Bonchev–Trinajstić information content (AvgIpc) is 2.61. The van der Waals surface area contributed by atoms with E-state index in [9.17, 15) is 4.79 Å². The summed E-state index contributed by atoms with van der Waals surface area (Å²) in [5.41, 5.74) is 3.06. The van der Waals surface area contributed by atoms with Crippen LogP contribution in [0.2, 0.25) is 5.02 Å². The molecule has 0 unspecified atom stereocenters. The molecule has 0 bridgehead atoms. The third-order valence-electron chi connectivity index (χ3n) is 4.52. The molecule has 0 saturated carbocycles. The normalized spacial score (nSPS) is 15.9. The molecule has 0 aliphatic carbocycles. The van der Waals surface area contributed by atoms with E-state index in [0.29, 0.717) is 11.4 Å². The maximum absolute atomic E-state index is 12.1. The highest BCUT2D eigenvalue weighted by molar-refractivity contribution is 6.30. The third kappa shape index (κ3) is 5.56. The lowest BCUT2D eigenvalue weighted by Gasteiger charge is -2.32. The number of carbonyl (C=O) groups is 1. The Morgan fingerprint density at radius 1 is 0.960 bits per heavy atom. The molecule has 2 aromatic carbocycles. The third-order valence-corrected chi connectivity index (χ3v) is 4.77. The summed E-state index contributed by atoms with van der Waals surface area (Å²) < 4.78 is 0. The van der Waals surface area contributed by atoms with Gasteiger partial charge in [0.25, 0.3) is 0 Å². The van der Waals surface area contributed by atoms with Crippen LogP contribution in [0.4, 0.5) is 5.69 Å². The van der Waals surface area contributed by atoms with Gasteiger partial charge in [0, 0.05) is 43.4 Å². The van der Waals surface area contributed by atoms with Crippen LogP contribution in [0, 0.1) is 0 Å². The van der Waals surface area contributed by atoms with Gasteiger partial charge in [-0.25, -0.2) is 0 Å². The predicted octanol–water partition coefficient (Wildman–Crippen LogP) is 3.27. The molecule has 1 saturated heterocycles. The Bertz CT molecular complexity index is 692. The first-order valence-electron chi connectivity index (χ1n) is 8.62. The van der Waals surface area contributed by atoms with Crippen molar-refractivity contribution < 1.29 is 4.79 Å². The highest BCUT2D eigenvalue weighted by atomic mass is 35.5. The number of nitrogens with one attached hydrogen (secondary N) is 1. The SMILES string of the molecule is CN1CCN(Cc2ccc(NC(=O)Cc3ccc(Cl)cc3)cc2)CC1.